The van der Waals surface area contributed by atoms with Gasteiger partial charge < -0.3 is 10.2 Å². The van der Waals surface area contributed by atoms with Crippen LogP contribution >= 0.6 is 0 Å². The molecule has 7 nitrogen and oxygen atoms in total. The average Bonchev–Trinajstić information content (AvgIpc) is 3.00. The molecular formula is C20H31N3O4S. The van der Waals surface area contributed by atoms with Gasteiger partial charge in [-0.05, 0) is 44.5 Å². The van der Waals surface area contributed by atoms with E-state index in [1.807, 2.05) is 37.9 Å². The highest BCUT2D eigenvalue weighted by atomic mass is 32.2. The van der Waals surface area contributed by atoms with E-state index < -0.39 is 9.84 Å². The number of rotatable bonds is 8. The van der Waals surface area contributed by atoms with E-state index in [0.717, 1.165) is 12.0 Å². The molecule has 1 heterocycles. The maximum atomic E-state index is 13.0. The number of carbonyl (C=O) groups excluding carboxylic acids is 2. The van der Waals surface area contributed by atoms with Crippen LogP contribution in [0, 0.1) is 0 Å². The molecule has 28 heavy (non-hydrogen) atoms. The van der Waals surface area contributed by atoms with Crippen LogP contribution in [0.4, 0.5) is 0 Å². The molecular weight excluding hydrogens is 378 g/mol. The van der Waals surface area contributed by atoms with Gasteiger partial charge in [0.25, 0.3) is 5.91 Å². The first kappa shape index (κ1) is 22.4. The number of benzene rings is 1. The molecule has 0 unspecified atom stereocenters. The second-order valence-electron chi connectivity index (χ2n) is 7.56. The Morgan fingerprint density at radius 3 is 2.39 bits per heavy atom. The van der Waals surface area contributed by atoms with Crippen LogP contribution in [0.1, 0.15) is 42.6 Å². The molecule has 156 valence electrons. The zero-order chi connectivity index (χ0) is 20.9. The molecule has 1 aromatic rings. The lowest BCUT2D eigenvalue weighted by atomic mass is 10.1. The van der Waals surface area contributed by atoms with E-state index in [0.29, 0.717) is 18.5 Å². The first-order chi connectivity index (χ1) is 13.2. The minimum Gasteiger partial charge on any atom is -0.355 e. The van der Waals surface area contributed by atoms with E-state index in [-0.39, 0.29) is 41.9 Å². The van der Waals surface area contributed by atoms with Crippen LogP contribution in [-0.4, -0.2) is 74.3 Å². The Morgan fingerprint density at radius 2 is 1.89 bits per heavy atom. The summed E-state index contributed by atoms with van der Waals surface area (Å²) in [6, 6.07) is 7.05. The monoisotopic (exact) mass is 409 g/mol. The van der Waals surface area contributed by atoms with E-state index >= 15 is 0 Å². The molecule has 2 atom stereocenters. The molecule has 1 aliphatic rings. The van der Waals surface area contributed by atoms with Gasteiger partial charge in [0.1, 0.15) is 0 Å². The van der Waals surface area contributed by atoms with Crippen LogP contribution in [0.3, 0.4) is 0 Å². The van der Waals surface area contributed by atoms with Gasteiger partial charge in [0, 0.05) is 31.2 Å². The quantitative estimate of drug-likeness (QED) is 0.699. The number of nitrogens with one attached hydrogen (secondary N) is 1. The number of amides is 2. The second kappa shape index (κ2) is 9.52. The molecule has 0 bridgehead atoms. The van der Waals surface area contributed by atoms with Gasteiger partial charge in [-0.25, -0.2) is 8.42 Å². The summed E-state index contributed by atoms with van der Waals surface area (Å²) in [6.45, 7) is 4.77. The van der Waals surface area contributed by atoms with Crippen LogP contribution in [0.15, 0.2) is 24.3 Å². The summed E-state index contributed by atoms with van der Waals surface area (Å²) in [6.07, 6.45) is 1.30. The molecule has 2 rings (SSSR count). The highest BCUT2D eigenvalue weighted by Crippen LogP contribution is 2.21. The van der Waals surface area contributed by atoms with Crippen molar-refractivity contribution in [2.45, 2.75) is 45.3 Å². The summed E-state index contributed by atoms with van der Waals surface area (Å²) in [4.78, 5) is 28.3. The summed E-state index contributed by atoms with van der Waals surface area (Å²) in [5, 5.41) is 2.59. The van der Waals surface area contributed by atoms with Gasteiger partial charge in [0.2, 0.25) is 5.91 Å². The maximum Gasteiger partial charge on any atom is 0.251 e. The van der Waals surface area contributed by atoms with Crippen LogP contribution in [0.25, 0.3) is 0 Å². The fourth-order valence-electron chi connectivity index (χ4n) is 3.59. The van der Waals surface area contributed by atoms with Gasteiger partial charge in [-0.1, -0.05) is 19.1 Å². The molecule has 0 aromatic heterocycles. The third-order valence-electron chi connectivity index (χ3n) is 5.26. The summed E-state index contributed by atoms with van der Waals surface area (Å²) in [5.74, 6) is 0.0471. The molecule has 2 amide bonds. The fraction of sp³-hybridized carbons (Fsp3) is 0.600. The van der Waals surface area contributed by atoms with Crippen molar-refractivity contribution in [3.05, 3.63) is 35.4 Å². The van der Waals surface area contributed by atoms with Gasteiger partial charge >= 0.3 is 0 Å². The standard InChI is InChI=1S/C20H31N3O4S/c1-5-15(2)23(18-10-11-28(26,27)14-18)19(24)13-22(4)12-16-6-8-17(9-7-16)20(25)21-3/h6-9,15,18H,5,10-14H2,1-4H3,(H,21,25)/t15-,18-/m0/s1. The molecule has 0 saturated carbocycles. The Labute approximate surface area is 168 Å². The van der Waals surface area contributed by atoms with E-state index in [2.05, 4.69) is 5.32 Å². The number of hydrogen-bond donors (Lipinski definition) is 1. The van der Waals surface area contributed by atoms with Crippen LogP contribution in [0.2, 0.25) is 0 Å². The zero-order valence-electron chi connectivity index (χ0n) is 17.1. The van der Waals surface area contributed by atoms with E-state index in [1.165, 1.54) is 0 Å². The largest absolute Gasteiger partial charge is 0.355 e. The number of likely N-dealkylation sites (N-methyl/N-ethyl adjacent to an activating group) is 1. The van der Waals surface area contributed by atoms with E-state index in [1.54, 1.807) is 24.1 Å². The van der Waals surface area contributed by atoms with Gasteiger partial charge in [-0.2, -0.15) is 0 Å². The second-order valence-corrected chi connectivity index (χ2v) is 9.79. The highest BCUT2D eigenvalue weighted by Gasteiger charge is 2.36. The molecule has 1 N–H and O–H groups in total. The van der Waals surface area contributed by atoms with Crippen molar-refractivity contribution >= 4 is 21.7 Å². The number of hydrogen-bond acceptors (Lipinski definition) is 5. The van der Waals surface area contributed by atoms with Crippen molar-refractivity contribution in [2.24, 2.45) is 0 Å². The molecule has 0 radical (unpaired) electrons. The SMILES string of the molecule is CC[C@H](C)N(C(=O)CN(C)Cc1ccc(C(=O)NC)cc1)[C@H]1CCS(=O)(=O)C1. The van der Waals surface area contributed by atoms with Crippen LogP contribution in [-0.2, 0) is 21.2 Å². The molecule has 1 fully saturated rings. The van der Waals surface area contributed by atoms with Gasteiger partial charge in [0.05, 0.1) is 18.1 Å². The van der Waals surface area contributed by atoms with Crippen LogP contribution < -0.4 is 5.32 Å². The summed E-state index contributed by atoms with van der Waals surface area (Å²) < 4.78 is 23.7. The lowest BCUT2D eigenvalue weighted by Gasteiger charge is -2.35. The third-order valence-corrected chi connectivity index (χ3v) is 7.01. The highest BCUT2D eigenvalue weighted by molar-refractivity contribution is 7.91. The van der Waals surface area contributed by atoms with Crippen molar-refractivity contribution in [1.29, 1.82) is 0 Å². The minimum atomic E-state index is -3.05. The minimum absolute atomic E-state index is 0.00559. The normalized spacial score (nSPS) is 19.4. The first-order valence-corrected chi connectivity index (χ1v) is 11.5. The van der Waals surface area contributed by atoms with Gasteiger partial charge in [0.15, 0.2) is 9.84 Å². The third kappa shape index (κ3) is 5.78. The van der Waals surface area contributed by atoms with Crippen molar-refractivity contribution in [2.75, 3.05) is 32.1 Å². The van der Waals surface area contributed by atoms with E-state index in [4.69, 9.17) is 0 Å². The smallest absolute Gasteiger partial charge is 0.251 e. The summed E-state index contributed by atoms with van der Waals surface area (Å²) >= 11 is 0. The van der Waals surface area contributed by atoms with Crippen LogP contribution in [0.5, 0.6) is 0 Å². The molecule has 0 aliphatic carbocycles. The Bertz CT molecular complexity index is 792. The number of sulfone groups is 1. The van der Waals surface area contributed by atoms with Gasteiger partial charge in [-0.3, -0.25) is 14.5 Å². The lowest BCUT2D eigenvalue weighted by Crippen LogP contribution is -2.49. The Kier molecular flexibility index (Phi) is 7.60. The summed E-state index contributed by atoms with van der Waals surface area (Å²) in [5.41, 5.74) is 1.59. The predicted octanol–water partition coefficient (Wildman–Crippen LogP) is 1.29. The summed E-state index contributed by atoms with van der Waals surface area (Å²) in [7, 11) is 0.411. The molecule has 8 heteroatoms. The Morgan fingerprint density at radius 1 is 1.25 bits per heavy atom. The maximum absolute atomic E-state index is 13.0. The van der Waals surface area contributed by atoms with Crippen molar-refractivity contribution in [3.63, 3.8) is 0 Å². The number of nitrogens with zero attached hydrogens (tertiary/aromatic N) is 2. The topological polar surface area (TPSA) is 86.8 Å². The first-order valence-electron chi connectivity index (χ1n) is 9.68. The molecule has 1 aliphatic heterocycles. The van der Waals surface area contributed by atoms with E-state index in [9.17, 15) is 18.0 Å². The average molecular weight is 410 g/mol. The van der Waals surface area contributed by atoms with Crippen molar-refractivity contribution < 1.29 is 18.0 Å². The molecule has 0 spiro atoms. The molecule has 1 aromatic carbocycles. The number of carbonyl (C=O) groups is 2. The van der Waals surface area contributed by atoms with Gasteiger partial charge in [-0.15, -0.1) is 0 Å². The fourth-order valence-corrected chi connectivity index (χ4v) is 5.30. The zero-order valence-corrected chi connectivity index (χ0v) is 18.0. The lowest BCUT2D eigenvalue weighted by molar-refractivity contribution is -0.136. The predicted molar refractivity (Wildman–Crippen MR) is 110 cm³/mol. The Balaban J connectivity index is 2.01. The van der Waals surface area contributed by atoms with Crippen molar-refractivity contribution in [3.8, 4) is 0 Å². The molecule has 1 saturated heterocycles. The van der Waals surface area contributed by atoms with Crippen molar-refractivity contribution in [1.82, 2.24) is 15.1 Å². The Hall–Kier alpha value is -1.93.